The van der Waals surface area contributed by atoms with Crippen LogP contribution in [0, 0.1) is 18.3 Å². The van der Waals surface area contributed by atoms with Crippen molar-refractivity contribution in [1.29, 1.82) is 5.26 Å². The molecule has 2 aromatic carbocycles. The van der Waals surface area contributed by atoms with E-state index in [0.717, 1.165) is 48.6 Å². The standard InChI is InChI=1S/C26H24N6O/c1-17-20-15-26(16-27,25-28-21-12-6-5-11-19(21)23(33)29-25)22-13-7-8-14-31(22)24(20)32(30-17)18-9-3-2-4-10-18/h2-6,9-12,22H,7-8,13-15H2,1H3,(H,28,29,33)/t22-,26-/m1/s1. The minimum absolute atomic E-state index is 0.0911. The van der Waals surface area contributed by atoms with Crippen LogP contribution in [0.2, 0.25) is 0 Å². The zero-order chi connectivity index (χ0) is 22.6. The SMILES string of the molecule is Cc1nn(-c2ccccc2)c2c1C[C@](C#N)(c1nc3ccccc3c(=O)[nH]1)[C@H]1CCCCN21. The highest BCUT2D eigenvalue weighted by molar-refractivity contribution is 5.77. The van der Waals surface area contributed by atoms with E-state index >= 15 is 0 Å². The van der Waals surface area contributed by atoms with E-state index in [1.807, 2.05) is 48.0 Å². The van der Waals surface area contributed by atoms with Crippen LogP contribution in [0.25, 0.3) is 16.6 Å². The number of nitrogens with one attached hydrogen (secondary N) is 1. The lowest BCUT2D eigenvalue weighted by Gasteiger charge is -2.49. The molecule has 2 aromatic heterocycles. The fourth-order valence-electron chi connectivity index (χ4n) is 5.60. The molecule has 4 aromatic rings. The lowest BCUT2D eigenvalue weighted by Crippen LogP contribution is -2.58. The second-order valence-corrected chi connectivity index (χ2v) is 9.03. The highest BCUT2D eigenvalue weighted by Gasteiger charge is 2.53. The summed E-state index contributed by atoms with van der Waals surface area (Å²) in [5, 5.41) is 16.1. The Hall–Kier alpha value is -3.92. The quantitative estimate of drug-likeness (QED) is 0.516. The number of hydrogen-bond acceptors (Lipinski definition) is 5. The average Bonchev–Trinajstić information content (AvgIpc) is 3.20. The molecule has 0 aliphatic carbocycles. The van der Waals surface area contributed by atoms with Gasteiger partial charge >= 0.3 is 0 Å². The van der Waals surface area contributed by atoms with Gasteiger partial charge < -0.3 is 9.88 Å². The van der Waals surface area contributed by atoms with E-state index in [0.29, 0.717) is 23.1 Å². The minimum atomic E-state index is -0.952. The number of hydrogen-bond donors (Lipinski definition) is 1. The van der Waals surface area contributed by atoms with Crippen molar-refractivity contribution in [2.75, 3.05) is 11.4 Å². The van der Waals surface area contributed by atoms with Crippen molar-refractivity contribution in [2.45, 2.75) is 44.1 Å². The van der Waals surface area contributed by atoms with Gasteiger partial charge in [0.2, 0.25) is 0 Å². The molecule has 2 aliphatic rings. The van der Waals surface area contributed by atoms with Gasteiger partial charge in [-0.05, 0) is 50.5 Å². The number of aromatic amines is 1. The molecule has 0 bridgehead atoms. The van der Waals surface area contributed by atoms with E-state index in [1.54, 1.807) is 6.07 Å². The number of H-pyrrole nitrogens is 1. The van der Waals surface area contributed by atoms with E-state index in [2.05, 4.69) is 28.1 Å². The van der Waals surface area contributed by atoms with Gasteiger partial charge in [-0.3, -0.25) is 4.79 Å². The Bertz CT molecular complexity index is 1460. The van der Waals surface area contributed by atoms with Gasteiger partial charge in [0.15, 0.2) is 0 Å². The summed E-state index contributed by atoms with van der Waals surface area (Å²) in [6.45, 7) is 2.85. The van der Waals surface area contributed by atoms with Crippen LogP contribution >= 0.6 is 0 Å². The number of rotatable bonds is 2. The molecule has 7 nitrogen and oxygen atoms in total. The second-order valence-electron chi connectivity index (χ2n) is 9.03. The Labute approximate surface area is 191 Å². The predicted octanol–water partition coefficient (Wildman–Crippen LogP) is 3.79. The third-order valence-electron chi connectivity index (χ3n) is 7.19. The van der Waals surface area contributed by atoms with Gasteiger partial charge in [0, 0.05) is 18.5 Å². The van der Waals surface area contributed by atoms with Crippen molar-refractivity contribution < 1.29 is 0 Å². The Morgan fingerprint density at radius 2 is 1.91 bits per heavy atom. The van der Waals surface area contributed by atoms with Gasteiger partial charge in [0.25, 0.3) is 5.56 Å². The maximum atomic E-state index is 12.9. The van der Waals surface area contributed by atoms with Gasteiger partial charge in [0.1, 0.15) is 17.1 Å². The molecule has 1 N–H and O–H groups in total. The molecule has 4 heterocycles. The maximum absolute atomic E-state index is 12.9. The van der Waals surface area contributed by atoms with E-state index in [4.69, 9.17) is 10.1 Å². The van der Waals surface area contributed by atoms with Gasteiger partial charge in [0.05, 0.1) is 34.4 Å². The van der Waals surface area contributed by atoms with Crippen LogP contribution in [0.1, 0.15) is 36.3 Å². The molecule has 0 radical (unpaired) electrons. The normalized spacial score (nSPS) is 21.9. The molecule has 2 aliphatic heterocycles. The number of benzene rings is 2. The van der Waals surface area contributed by atoms with Crippen molar-refractivity contribution in [2.24, 2.45) is 0 Å². The molecule has 6 rings (SSSR count). The van der Waals surface area contributed by atoms with Crippen LogP contribution < -0.4 is 10.5 Å². The van der Waals surface area contributed by atoms with Crippen molar-refractivity contribution in [1.82, 2.24) is 19.7 Å². The number of piperidine rings is 1. The van der Waals surface area contributed by atoms with E-state index in [9.17, 15) is 10.1 Å². The molecular formula is C26H24N6O. The molecule has 0 unspecified atom stereocenters. The Kier molecular flexibility index (Phi) is 4.37. The number of anilines is 1. The highest BCUT2D eigenvalue weighted by atomic mass is 16.1. The topological polar surface area (TPSA) is 90.6 Å². The molecule has 7 heteroatoms. The van der Waals surface area contributed by atoms with Gasteiger partial charge in [-0.15, -0.1) is 0 Å². The molecule has 33 heavy (non-hydrogen) atoms. The minimum Gasteiger partial charge on any atom is -0.351 e. The first-order chi connectivity index (χ1) is 16.1. The summed E-state index contributed by atoms with van der Waals surface area (Å²) in [7, 11) is 0. The monoisotopic (exact) mass is 436 g/mol. The zero-order valence-corrected chi connectivity index (χ0v) is 18.5. The van der Waals surface area contributed by atoms with E-state index < -0.39 is 5.41 Å². The molecule has 0 saturated carbocycles. The Morgan fingerprint density at radius 3 is 2.73 bits per heavy atom. The summed E-state index contributed by atoms with van der Waals surface area (Å²) in [4.78, 5) is 23.1. The largest absolute Gasteiger partial charge is 0.351 e. The van der Waals surface area contributed by atoms with Crippen LogP contribution in [0.4, 0.5) is 5.82 Å². The van der Waals surface area contributed by atoms with Gasteiger partial charge in [-0.1, -0.05) is 30.3 Å². The molecular weight excluding hydrogens is 412 g/mol. The van der Waals surface area contributed by atoms with Crippen molar-refractivity contribution in [3.8, 4) is 11.8 Å². The lowest BCUT2D eigenvalue weighted by atomic mass is 9.69. The number of nitrogens with zero attached hydrogens (tertiary/aromatic N) is 5. The average molecular weight is 437 g/mol. The molecule has 0 amide bonds. The third-order valence-corrected chi connectivity index (χ3v) is 7.19. The van der Waals surface area contributed by atoms with Crippen molar-refractivity contribution in [3.63, 3.8) is 0 Å². The van der Waals surface area contributed by atoms with E-state index in [1.165, 1.54) is 0 Å². The first kappa shape index (κ1) is 19.7. The number of fused-ring (bicyclic) bond motifs is 4. The lowest BCUT2D eigenvalue weighted by molar-refractivity contribution is 0.309. The number of nitriles is 1. The summed E-state index contributed by atoms with van der Waals surface area (Å²) in [5.74, 6) is 1.53. The molecule has 164 valence electrons. The third kappa shape index (κ3) is 2.83. The van der Waals surface area contributed by atoms with Crippen LogP contribution in [-0.2, 0) is 11.8 Å². The first-order valence-electron chi connectivity index (χ1n) is 11.4. The highest BCUT2D eigenvalue weighted by Crippen LogP contribution is 2.47. The van der Waals surface area contributed by atoms with Crippen molar-refractivity contribution >= 4 is 16.7 Å². The summed E-state index contributed by atoms with van der Waals surface area (Å²) in [6.07, 6.45) is 3.43. The van der Waals surface area contributed by atoms with Crippen LogP contribution in [0.15, 0.2) is 59.4 Å². The smallest absolute Gasteiger partial charge is 0.258 e. The van der Waals surface area contributed by atoms with Crippen molar-refractivity contribution in [3.05, 3.63) is 82.0 Å². The van der Waals surface area contributed by atoms with E-state index in [-0.39, 0.29) is 11.6 Å². The number of para-hydroxylation sites is 2. The Balaban J connectivity index is 1.59. The van der Waals surface area contributed by atoms with Gasteiger partial charge in [-0.25, -0.2) is 9.67 Å². The molecule has 1 fully saturated rings. The summed E-state index contributed by atoms with van der Waals surface area (Å²) < 4.78 is 2.01. The molecule has 0 spiro atoms. The Morgan fingerprint density at radius 1 is 1.12 bits per heavy atom. The molecule has 2 atom stereocenters. The fraction of sp³-hybridized carbons (Fsp3) is 0.308. The second kappa shape index (κ2) is 7.31. The molecule has 1 saturated heterocycles. The predicted molar refractivity (Wildman–Crippen MR) is 127 cm³/mol. The van der Waals surface area contributed by atoms with Crippen LogP contribution in [-0.4, -0.2) is 32.3 Å². The summed E-state index contributed by atoms with van der Waals surface area (Å²) in [6, 6.07) is 20.0. The zero-order valence-electron chi connectivity index (χ0n) is 18.5. The van der Waals surface area contributed by atoms with Crippen LogP contribution in [0.5, 0.6) is 0 Å². The summed E-state index contributed by atoms with van der Waals surface area (Å²) >= 11 is 0. The number of aromatic nitrogens is 4. The fourth-order valence-corrected chi connectivity index (χ4v) is 5.60. The number of aryl methyl sites for hydroxylation is 1. The maximum Gasteiger partial charge on any atom is 0.258 e. The first-order valence-corrected chi connectivity index (χ1v) is 11.4. The van der Waals surface area contributed by atoms with Crippen LogP contribution in [0.3, 0.4) is 0 Å². The van der Waals surface area contributed by atoms with Gasteiger partial charge in [-0.2, -0.15) is 10.4 Å². The summed E-state index contributed by atoms with van der Waals surface area (Å²) in [5.41, 5.74) is 2.43.